The lowest BCUT2D eigenvalue weighted by molar-refractivity contribution is -0.274. The van der Waals surface area contributed by atoms with Crippen LogP contribution < -0.4 is 15.2 Å². The Hall–Kier alpha value is -2.95. The van der Waals surface area contributed by atoms with Gasteiger partial charge in [0.05, 0.1) is 5.69 Å². The molecule has 0 unspecified atom stereocenters. The van der Waals surface area contributed by atoms with E-state index in [0.29, 0.717) is 0 Å². The third-order valence-electron chi connectivity index (χ3n) is 2.29. The van der Waals surface area contributed by atoms with Crippen molar-refractivity contribution >= 4 is 5.69 Å². The Balaban J connectivity index is 2.12. The van der Waals surface area contributed by atoms with Gasteiger partial charge < -0.3 is 15.2 Å². The number of anilines is 1. The van der Waals surface area contributed by atoms with Crippen molar-refractivity contribution in [2.75, 3.05) is 5.73 Å². The number of rotatable bonds is 3. The van der Waals surface area contributed by atoms with Crippen molar-refractivity contribution in [3.05, 3.63) is 42.1 Å². The van der Waals surface area contributed by atoms with Crippen LogP contribution in [0.4, 0.5) is 18.9 Å². The fourth-order valence-corrected chi connectivity index (χ4v) is 1.43. The van der Waals surface area contributed by atoms with Crippen molar-refractivity contribution in [3.63, 3.8) is 0 Å². The molecule has 1 aromatic heterocycles. The van der Waals surface area contributed by atoms with Gasteiger partial charge in [-0.1, -0.05) is 0 Å². The lowest BCUT2D eigenvalue weighted by Crippen LogP contribution is -2.16. The minimum atomic E-state index is -4.75. The van der Waals surface area contributed by atoms with Gasteiger partial charge in [-0.3, -0.25) is 0 Å². The first-order chi connectivity index (χ1) is 9.87. The summed E-state index contributed by atoms with van der Waals surface area (Å²) in [7, 11) is 0. The third-order valence-corrected chi connectivity index (χ3v) is 2.29. The maximum absolute atomic E-state index is 12.0. The molecule has 21 heavy (non-hydrogen) atoms. The molecule has 5 nitrogen and oxygen atoms in total. The van der Waals surface area contributed by atoms with E-state index in [2.05, 4.69) is 9.72 Å². The molecule has 2 rings (SSSR count). The van der Waals surface area contributed by atoms with Crippen molar-refractivity contribution < 1.29 is 22.6 Å². The van der Waals surface area contributed by atoms with E-state index < -0.39 is 6.36 Å². The molecule has 2 aromatic rings. The molecule has 108 valence electrons. The molecule has 8 heteroatoms. The van der Waals surface area contributed by atoms with Crippen LogP contribution in [0, 0.1) is 11.3 Å². The molecule has 0 amide bonds. The minimum Gasteiger partial charge on any atom is -0.439 e. The predicted octanol–water partition coefficient (Wildman–Crippen LogP) is 3.23. The normalized spacial score (nSPS) is 10.8. The Morgan fingerprint density at radius 2 is 1.67 bits per heavy atom. The number of pyridine rings is 1. The van der Waals surface area contributed by atoms with Crippen molar-refractivity contribution in [2.45, 2.75) is 6.36 Å². The molecule has 0 fully saturated rings. The largest absolute Gasteiger partial charge is 0.573 e. The number of aromatic nitrogens is 1. The van der Waals surface area contributed by atoms with Crippen molar-refractivity contribution in [2.24, 2.45) is 0 Å². The van der Waals surface area contributed by atoms with Crippen LogP contribution in [0.25, 0.3) is 0 Å². The second kappa shape index (κ2) is 5.58. The summed E-state index contributed by atoms with van der Waals surface area (Å²) in [6.45, 7) is 0. The van der Waals surface area contributed by atoms with Gasteiger partial charge >= 0.3 is 6.36 Å². The highest BCUT2D eigenvalue weighted by molar-refractivity contribution is 5.51. The molecule has 0 bridgehead atoms. The first-order valence-electron chi connectivity index (χ1n) is 5.57. The van der Waals surface area contributed by atoms with Gasteiger partial charge in [0.25, 0.3) is 0 Å². The number of halogens is 3. The number of benzene rings is 1. The lowest BCUT2D eigenvalue weighted by Gasteiger charge is -2.10. The molecular weight excluding hydrogens is 287 g/mol. The molecule has 0 saturated carbocycles. The van der Waals surface area contributed by atoms with Gasteiger partial charge in [-0.2, -0.15) is 5.26 Å². The molecule has 0 aliphatic rings. The number of nitrogen functional groups attached to an aromatic ring is 1. The Bertz CT molecular complexity index is 679. The average Bonchev–Trinajstić information content (AvgIpc) is 2.41. The zero-order valence-corrected chi connectivity index (χ0v) is 10.4. The molecule has 0 radical (unpaired) electrons. The van der Waals surface area contributed by atoms with Gasteiger partial charge in [-0.05, 0) is 30.3 Å². The zero-order valence-electron chi connectivity index (χ0n) is 10.4. The van der Waals surface area contributed by atoms with Crippen LogP contribution in [0.2, 0.25) is 0 Å². The summed E-state index contributed by atoms with van der Waals surface area (Å²) in [6.07, 6.45) is -4.75. The second-order valence-corrected chi connectivity index (χ2v) is 3.82. The summed E-state index contributed by atoms with van der Waals surface area (Å²) in [6, 6.07) is 9.45. The van der Waals surface area contributed by atoms with Gasteiger partial charge in [0.15, 0.2) is 5.69 Å². The summed E-state index contributed by atoms with van der Waals surface area (Å²) in [5.74, 6) is -0.0197. The van der Waals surface area contributed by atoms with Gasteiger partial charge in [-0.15, -0.1) is 13.2 Å². The zero-order chi connectivity index (χ0) is 15.5. The van der Waals surface area contributed by atoms with E-state index in [1.165, 1.54) is 24.3 Å². The molecule has 1 aromatic carbocycles. The summed E-state index contributed by atoms with van der Waals surface area (Å²) in [4.78, 5) is 3.85. The average molecular weight is 295 g/mol. The van der Waals surface area contributed by atoms with Crippen molar-refractivity contribution in [3.8, 4) is 23.4 Å². The van der Waals surface area contributed by atoms with E-state index in [1.54, 1.807) is 6.07 Å². The number of hydrogen-bond donors (Lipinski definition) is 1. The van der Waals surface area contributed by atoms with E-state index in [4.69, 9.17) is 15.7 Å². The van der Waals surface area contributed by atoms with Crippen LogP contribution in [-0.4, -0.2) is 11.3 Å². The van der Waals surface area contributed by atoms with Crippen LogP contribution in [-0.2, 0) is 0 Å². The number of alkyl halides is 3. The first kappa shape index (κ1) is 14.5. The second-order valence-electron chi connectivity index (χ2n) is 3.82. The molecule has 1 heterocycles. The maximum Gasteiger partial charge on any atom is 0.573 e. The highest BCUT2D eigenvalue weighted by Crippen LogP contribution is 2.27. The number of nitrogens with zero attached hydrogens (tertiary/aromatic N) is 2. The summed E-state index contributed by atoms with van der Waals surface area (Å²) < 4.78 is 45.0. The fraction of sp³-hybridized carbons (Fsp3) is 0.0769. The molecule has 0 spiro atoms. The van der Waals surface area contributed by atoms with Crippen molar-refractivity contribution in [1.82, 2.24) is 4.98 Å². The summed E-state index contributed by atoms with van der Waals surface area (Å²) in [5, 5.41) is 8.78. The van der Waals surface area contributed by atoms with Crippen LogP contribution in [0.5, 0.6) is 17.4 Å². The molecule has 2 N–H and O–H groups in total. The molecule has 0 atom stereocenters. The minimum absolute atomic E-state index is 0.00419. The van der Waals surface area contributed by atoms with Crippen molar-refractivity contribution in [1.29, 1.82) is 5.26 Å². The number of ether oxygens (including phenoxy) is 2. The fourth-order valence-electron chi connectivity index (χ4n) is 1.43. The highest BCUT2D eigenvalue weighted by Gasteiger charge is 2.30. The Morgan fingerprint density at radius 1 is 1.05 bits per heavy atom. The SMILES string of the molecule is N#Cc1nc(Oc2ccc(OC(F)(F)F)cc2)ccc1N. The third kappa shape index (κ3) is 4.01. The summed E-state index contributed by atoms with van der Waals surface area (Å²) >= 11 is 0. The monoisotopic (exact) mass is 295 g/mol. The Kier molecular flexibility index (Phi) is 3.84. The van der Waals surface area contributed by atoms with Gasteiger partial charge in [-0.25, -0.2) is 4.98 Å². The number of hydrogen-bond acceptors (Lipinski definition) is 5. The van der Waals surface area contributed by atoms with E-state index >= 15 is 0 Å². The molecule has 0 aliphatic heterocycles. The molecular formula is C13H8F3N3O2. The van der Waals surface area contributed by atoms with Gasteiger partial charge in [0.2, 0.25) is 5.88 Å². The van der Waals surface area contributed by atoms with Crippen LogP contribution in [0.15, 0.2) is 36.4 Å². The van der Waals surface area contributed by atoms with Gasteiger partial charge in [0.1, 0.15) is 17.6 Å². The predicted molar refractivity (Wildman–Crippen MR) is 66.6 cm³/mol. The highest BCUT2D eigenvalue weighted by atomic mass is 19.4. The quantitative estimate of drug-likeness (QED) is 0.940. The Morgan fingerprint density at radius 3 is 2.24 bits per heavy atom. The van der Waals surface area contributed by atoms with E-state index in [9.17, 15) is 13.2 Å². The van der Waals surface area contributed by atoms with Crippen LogP contribution in [0.3, 0.4) is 0 Å². The lowest BCUT2D eigenvalue weighted by atomic mass is 10.3. The van der Waals surface area contributed by atoms with E-state index in [0.717, 1.165) is 12.1 Å². The Labute approximate surface area is 117 Å². The maximum atomic E-state index is 12.0. The van der Waals surface area contributed by atoms with E-state index in [1.807, 2.05) is 0 Å². The first-order valence-corrected chi connectivity index (χ1v) is 5.57. The number of nitrogens with two attached hydrogens (primary N) is 1. The number of nitriles is 1. The smallest absolute Gasteiger partial charge is 0.439 e. The van der Waals surface area contributed by atoms with Crippen LogP contribution in [0.1, 0.15) is 5.69 Å². The topological polar surface area (TPSA) is 81.2 Å². The summed E-state index contributed by atoms with van der Waals surface area (Å²) in [5.41, 5.74) is 5.72. The molecule has 0 saturated heterocycles. The molecule has 0 aliphatic carbocycles. The van der Waals surface area contributed by atoms with Gasteiger partial charge in [0, 0.05) is 6.07 Å². The standard InChI is InChI=1S/C13H8F3N3O2/c14-13(15,16)21-9-3-1-8(2-4-9)20-12-6-5-10(18)11(7-17)19-12/h1-6H,18H2. The van der Waals surface area contributed by atoms with Crippen LogP contribution >= 0.6 is 0 Å². The van der Waals surface area contributed by atoms with E-state index in [-0.39, 0.29) is 28.8 Å².